The highest BCUT2D eigenvalue weighted by atomic mass is 32.1. The third-order valence-corrected chi connectivity index (χ3v) is 3.62. The first kappa shape index (κ1) is 13.8. The van der Waals surface area contributed by atoms with Gasteiger partial charge in [0.25, 0.3) is 0 Å². The zero-order valence-electron chi connectivity index (χ0n) is 10.7. The topological polar surface area (TPSA) is 23.5 Å². The summed E-state index contributed by atoms with van der Waals surface area (Å²) in [5.41, 5.74) is 2.16. The summed E-state index contributed by atoms with van der Waals surface area (Å²) in [6.07, 6.45) is 4.92. The van der Waals surface area contributed by atoms with E-state index >= 15 is 0 Å². The lowest BCUT2D eigenvalue weighted by molar-refractivity contribution is 0.117. The maximum atomic E-state index is 10.2. The van der Waals surface area contributed by atoms with Gasteiger partial charge in [0.1, 0.15) is 0 Å². The Kier molecular flexibility index (Phi) is 5.17. The Bertz CT molecular complexity index is 515. The number of thiophene rings is 1. The zero-order chi connectivity index (χ0) is 13.5. The Balaban J connectivity index is 1.98. The van der Waals surface area contributed by atoms with Gasteiger partial charge in [0.2, 0.25) is 0 Å². The molecule has 1 aromatic heterocycles. The molecular formula is C16H17NOS. The first-order chi connectivity index (χ1) is 9.29. The molecule has 2 rings (SSSR count). The Labute approximate surface area is 118 Å². The highest BCUT2D eigenvalue weighted by molar-refractivity contribution is 7.07. The molecular weight excluding hydrogens is 254 g/mol. The molecule has 1 atom stereocenters. The van der Waals surface area contributed by atoms with Gasteiger partial charge in [0.05, 0.1) is 12.6 Å². The summed E-state index contributed by atoms with van der Waals surface area (Å²) < 4.78 is 0. The molecule has 0 saturated heterocycles. The first-order valence-corrected chi connectivity index (χ1v) is 7.14. The lowest BCUT2D eigenvalue weighted by Crippen LogP contribution is -2.28. The van der Waals surface area contributed by atoms with E-state index in [-0.39, 0.29) is 0 Å². The van der Waals surface area contributed by atoms with Gasteiger partial charge in [-0.1, -0.05) is 36.3 Å². The molecule has 0 bridgehead atoms. The molecule has 0 aliphatic rings. The molecule has 1 heterocycles. The van der Waals surface area contributed by atoms with Gasteiger partial charge < -0.3 is 5.11 Å². The Morgan fingerprint density at radius 3 is 2.68 bits per heavy atom. The quantitative estimate of drug-likeness (QED) is 0.817. The van der Waals surface area contributed by atoms with Crippen molar-refractivity contribution in [3.8, 4) is 12.3 Å². The van der Waals surface area contributed by atoms with E-state index in [1.54, 1.807) is 11.3 Å². The van der Waals surface area contributed by atoms with Crippen LogP contribution in [0, 0.1) is 12.3 Å². The number of benzene rings is 1. The number of hydrogen-bond acceptors (Lipinski definition) is 3. The van der Waals surface area contributed by atoms with Gasteiger partial charge in [0, 0.05) is 13.1 Å². The minimum absolute atomic E-state index is 0.483. The second kappa shape index (κ2) is 7.10. The molecule has 0 aliphatic carbocycles. The van der Waals surface area contributed by atoms with Gasteiger partial charge >= 0.3 is 0 Å². The molecule has 0 saturated carbocycles. The van der Waals surface area contributed by atoms with E-state index in [9.17, 15) is 5.11 Å². The predicted molar refractivity (Wildman–Crippen MR) is 79.8 cm³/mol. The number of rotatable bonds is 6. The summed E-state index contributed by atoms with van der Waals surface area (Å²) in [5, 5.41) is 14.1. The van der Waals surface area contributed by atoms with E-state index in [1.165, 1.54) is 5.56 Å². The SMILES string of the molecule is C#CCN(Cc1ccccc1)CC(O)c1ccsc1. The largest absolute Gasteiger partial charge is 0.387 e. The molecule has 1 N–H and O–H groups in total. The van der Waals surface area contributed by atoms with Crippen LogP contribution in [0.15, 0.2) is 47.2 Å². The fourth-order valence-corrected chi connectivity index (χ4v) is 2.68. The molecule has 0 radical (unpaired) electrons. The lowest BCUT2D eigenvalue weighted by atomic mass is 10.1. The lowest BCUT2D eigenvalue weighted by Gasteiger charge is -2.22. The smallest absolute Gasteiger partial charge is 0.0925 e. The average molecular weight is 271 g/mol. The van der Waals surface area contributed by atoms with Gasteiger partial charge in [-0.15, -0.1) is 6.42 Å². The summed E-state index contributed by atoms with van der Waals surface area (Å²) in [6.45, 7) is 1.85. The van der Waals surface area contributed by atoms with Crippen molar-refractivity contribution in [2.75, 3.05) is 13.1 Å². The van der Waals surface area contributed by atoms with Crippen molar-refractivity contribution in [3.05, 3.63) is 58.3 Å². The average Bonchev–Trinajstić information content (AvgIpc) is 2.94. The van der Waals surface area contributed by atoms with E-state index in [0.717, 1.165) is 12.1 Å². The van der Waals surface area contributed by atoms with Crippen molar-refractivity contribution in [2.24, 2.45) is 0 Å². The zero-order valence-corrected chi connectivity index (χ0v) is 11.5. The number of aliphatic hydroxyl groups excluding tert-OH is 1. The van der Waals surface area contributed by atoms with Crippen LogP contribution in [0.1, 0.15) is 17.2 Å². The van der Waals surface area contributed by atoms with Gasteiger partial charge in [-0.05, 0) is 28.0 Å². The van der Waals surface area contributed by atoms with Crippen molar-refractivity contribution in [1.29, 1.82) is 0 Å². The van der Waals surface area contributed by atoms with Crippen LogP contribution in [0.3, 0.4) is 0 Å². The standard InChI is InChI=1S/C16H17NOS/c1-2-9-17(11-14-6-4-3-5-7-14)12-16(18)15-8-10-19-13-15/h1,3-8,10,13,16,18H,9,11-12H2. The molecule has 0 fully saturated rings. The van der Waals surface area contributed by atoms with Gasteiger partial charge in [-0.25, -0.2) is 0 Å². The number of terminal acetylenes is 1. The van der Waals surface area contributed by atoms with Crippen LogP contribution in [-0.4, -0.2) is 23.1 Å². The number of aliphatic hydroxyl groups is 1. The third-order valence-electron chi connectivity index (χ3n) is 2.92. The monoisotopic (exact) mass is 271 g/mol. The van der Waals surface area contributed by atoms with Crippen molar-refractivity contribution in [2.45, 2.75) is 12.6 Å². The molecule has 0 amide bonds. The minimum Gasteiger partial charge on any atom is -0.387 e. The molecule has 1 unspecified atom stereocenters. The normalized spacial score (nSPS) is 12.3. The van der Waals surface area contributed by atoms with Gasteiger partial charge in [0.15, 0.2) is 0 Å². The van der Waals surface area contributed by atoms with E-state index in [0.29, 0.717) is 13.1 Å². The van der Waals surface area contributed by atoms with Crippen molar-refractivity contribution in [3.63, 3.8) is 0 Å². The first-order valence-electron chi connectivity index (χ1n) is 6.19. The molecule has 19 heavy (non-hydrogen) atoms. The van der Waals surface area contributed by atoms with Crippen LogP contribution in [-0.2, 0) is 6.54 Å². The van der Waals surface area contributed by atoms with Crippen molar-refractivity contribution < 1.29 is 5.11 Å². The molecule has 0 spiro atoms. The Morgan fingerprint density at radius 2 is 2.05 bits per heavy atom. The third kappa shape index (κ3) is 4.22. The van der Waals surface area contributed by atoms with Crippen LogP contribution in [0.5, 0.6) is 0 Å². The predicted octanol–water partition coefficient (Wildman–Crippen LogP) is 2.92. The van der Waals surface area contributed by atoms with E-state index in [4.69, 9.17) is 6.42 Å². The van der Waals surface area contributed by atoms with Crippen molar-refractivity contribution in [1.82, 2.24) is 4.90 Å². The van der Waals surface area contributed by atoms with Crippen LogP contribution in [0.4, 0.5) is 0 Å². The summed E-state index contributed by atoms with van der Waals surface area (Å²) >= 11 is 1.59. The Morgan fingerprint density at radius 1 is 1.26 bits per heavy atom. The van der Waals surface area contributed by atoms with Crippen LogP contribution in [0.25, 0.3) is 0 Å². The molecule has 98 valence electrons. The van der Waals surface area contributed by atoms with Gasteiger partial charge in [-0.3, -0.25) is 4.90 Å². The van der Waals surface area contributed by atoms with Crippen LogP contribution >= 0.6 is 11.3 Å². The fourth-order valence-electron chi connectivity index (χ4n) is 1.97. The minimum atomic E-state index is -0.483. The van der Waals surface area contributed by atoms with Crippen LogP contribution in [0.2, 0.25) is 0 Å². The van der Waals surface area contributed by atoms with E-state index < -0.39 is 6.10 Å². The number of hydrogen-bond donors (Lipinski definition) is 1. The van der Waals surface area contributed by atoms with Crippen LogP contribution < -0.4 is 0 Å². The molecule has 0 aliphatic heterocycles. The summed E-state index contributed by atoms with van der Waals surface area (Å²) in [7, 11) is 0. The fraction of sp³-hybridized carbons (Fsp3) is 0.250. The highest BCUT2D eigenvalue weighted by Crippen LogP contribution is 2.18. The molecule has 2 aromatic rings. The van der Waals surface area contributed by atoms with E-state index in [1.807, 2.05) is 35.0 Å². The summed E-state index contributed by atoms with van der Waals surface area (Å²) in [5.74, 6) is 2.66. The second-order valence-electron chi connectivity index (χ2n) is 4.43. The maximum Gasteiger partial charge on any atom is 0.0925 e. The summed E-state index contributed by atoms with van der Waals surface area (Å²) in [4.78, 5) is 2.08. The summed E-state index contributed by atoms with van der Waals surface area (Å²) in [6, 6.07) is 12.1. The maximum absolute atomic E-state index is 10.2. The molecule has 1 aromatic carbocycles. The Hall–Kier alpha value is -1.60. The van der Waals surface area contributed by atoms with E-state index in [2.05, 4.69) is 23.0 Å². The molecule has 3 heteroatoms. The van der Waals surface area contributed by atoms with Crippen molar-refractivity contribution >= 4 is 11.3 Å². The second-order valence-corrected chi connectivity index (χ2v) is 5.21. The number of nitrogens with zero attached hydrogens (tertiary/aromatic N) is 1. The molecule has 2 nitrogen and oxygen atoms in total. The van der Waals surface area contributed by atoms with Gasteiger partial charge in [-0.2, -0.15) is 11.3 Å². The highest BCUT2D eigenvalue weighted by Gasteiger charge is 2.13.